The number of ether oxygens (including phenoxy) is 1. The first-order chi connectivity index (χ1) is 13.1. The lowest BCUT2D eigenvalue weighted by Gasteiger charge is -2.37. The standard InChI is InChI=1S/C20H14BrClN2O3/c21-11-3-6-18-14(8-11)16-10-15(13-9-12(22)4-5-17(13)25)23-24(16)20(27-18)19-2-1-7-26-19/h1-9,16,20,25H,10H2/t16-,20+/m0/s1. The third-order valence-corrected chi connectivity index (χ3v) is 5.54. The number of phenolic OH excluding ortho intramolecular Hbond substituents is 1. The van der Waals surface area contributed by atoms with Gasteiger partial charge in [-0.3, -0.25) is 0 Å². The molecule has 3 aromatic rings. The molecule has 0 aliphatic carbocycles. The van der Waals surface area contributed by atoms with Crippen molar-refractivity contribution in [2.75, 3.05) is 0 Å². The number of hydrazone groups is 1. The van der Waals surface area contributed by atoms with Crippen LogP contribution in [0.25, 0.3) is 0 Å². The van der Waals surface area contributed by atoms with Crippen LogP contribution in [0, 0.1) is 0 Å². The van der Waals surface area contributed by atoms with E-state index in [0.717, 1.165) is 21.5 Å². The van der Waals surface area contributed by atoms with Gasteiger partial charge in [-0.1, -0.05) is 27.5 Å². The summed E-state index contributed by atoms with van der Waals surface area (Å²) in [5, 5.41) is 17.5. The molecule has 2 aromatic carbocycles. The van der Waals surface area contributed by atoms with E-state index in [1.54, 1.807) is 24.5 Å². The summed E-state index contributed by atoms with van der Waals surface area (Å²) in [5.41, 5.74) is 2.42. The van der Waals surface area contributed by atoms with Crippen molar-refractivity contribution < 1.29 is 14.3 Å². The zero-order valence-electron chi connectivity index (χ0n) is 14.0. The van der Waals surface area contributed by atoms with Crippen molar-refractivity contribution in [1.29, 1.82) is 0 Å². The fourth-order valence-corrected chi connectivity index (χ4v) is 4.13. The normalized spacial score (nSPS) is 20.7. The molecular formula is C20H14BrClN2O3. The molecule has 0 fully saturated rings. The Labute approximate surface area is 168 Å². The molecule has 5 nitrogen and oxygen atoms in total. The maximum Gasteiger partial charge on any atom is 0.246 e. The summed E-state index contributed by atoms with van der Waals surface area (Å²) in [6.07, 6.45) is 1.77. The first kappa shape index (κ1) is 16.7. The summed E-state index contributed by atoms with van der Waals surface area (Å²) in [7, 11) is 0. The van der Waals surface area contributed by atoms with E-state index in [2.05, 4.69) is 15.9 Å². The van der Waals surface area contributed by atoms with Crippen LogP contribution < -0.4 is 4.74 Å². The minimum absolute atomic E-state index is 0.0327. The third-order valence-electron chi connectivity index (χ3n) is 4.81. The molecule has 0 bridgehead atoms. The van der Waals surface area contributed by atoms with Gasteiger partial charge < -0.3 is 14.3 Å². The number of aromatic hydroxyl groups is 1. The number of hydrogen-bond acceptors (Lipinski definition) is 5. The van der Waals surface area contributed by atoms with E-state index in [0.29, 0.717) is 22.8 Å². The molecule has 0 saturated heterocycles. The fraction of sp³-hybridized carbons (Fsp3) is 0.150. The highest BCUT2D eigenvalue weighted by atomic mass is 79.9. The molecule has 5 rings (SSSR count). The van der Waals surface area contributed by atoms with Crippen molar-refractivity contribution in [2.24, 2.45) is 5.10 Å². The Morgan fingerprint density at radius 2 is 2.07 bits per heavy atom. The predicted molar refractivity (Wildman–Crippen MR) is 105 cm³/mol. The second-order valence-electron chi connectivity index (χ2n) is 6.48. The Balaban J connectivity index is 1.63. The fourth-order valence-electron chi connectivity index (χ4n) is 3.58. The van der Waals surface area contributed by atoms with E-state index >= 15 is 0 Å². The summed E-state index contributed by atoms with van der Waals surface area (Å²) in [6, 6.07) is 14.6. The zero-order valence-corrected chi connectivity index (χ0v) is 16.3. The maximum absolute atomic E-state index is 10.3. The van der Waals surface area contributed by atoms with E-state index in [1.807, 2.05) is 35.3 Å². The number of phenols is 1. The number of furan rings is 1. The van der Waals surface area contributed by atoms with E-state index in [-0.39, 0.29) is 11.8 Å². The van der Waals surface area contributed by atoms with Crippen molar-refractivity contribution in [3.63, 3.8) is 0 Å². The van der Waals surface area contributed by atoms with Gasteiger partial charge in [-0.25, -0.2) is 5.01 Å². The van der Waals surface area contributed by atoms with Gasteiger partial charge in [0, 0.05) is 27.0 Å². The lowest BCUT2D eigenvalue weighted by atomic mass is 9.96. The van der Waals surface area contributed by atoms with Crippen LogP contribution in [0.15, 0.2) is 68.8 Å². The van der Waals surface area contributed by atoms with Crippen LogP contribution in [-0.4, -0.2) is 15.8 Å². The summed E-state index contributed by atoms with van der Waals surface area (Å²) >= 11 is 9.67. The lowest BCUT2D eigenvalue weighted by molar-refractivity contribution is -0.0325. The van der Waals surface area contributed by atoms with E-state index in [4.69, 9.17) is 25.9 Å². The second kappa shape index (κ2) is 6.32. The number of fused-ring (bicyclic) bond motifs is 3. The zero-order chi connectivity index (χ0) is 18.5. The third kappa shape index (κ3) is 2.80. The molecule has 1 N–H and O–H groups in total. The van der Waals surface area contributed by atoms with Gasteiger partial charge in [0.05, 0.1) is 18.0 Å². The number of benzene rings is 2. The SMILES string of the molecule is Oc1ccc(Cl)cc1C1=NN2[C@@H](c3ccco3)Oc3ccc(Br)cc3[C@@H]2C1. The molecule has 0 radical (unpaired) electrons. The van der Waals surface area contributed by atoms with Gasteiger partial charge in [-0.05, 0) is 48.5 Å². The molecule has 0 saturated carbocycles. The number of halogens is 2. The topological polar surface area (TPSA) is 58.2 Å². The average Bonchev–Trinajstić information content (AvgIpc) is 3.33. The van der Waals surface area contributed by atoms with Gasteiger partial charge in [-0.15, -0.1) is 0 Å². The maximum atomic E-state index is 10.3. The first-order valence-corrected chi connectivity index (χ1v) is 9.61. The number of hydrogen-bond donors (Lipinski definition) is 1. The summed E-state index contributed by atoms with van der Waals surface area (Å²) in [4.78, 5) is 0. The Kier molecular flexibility index (Phi) is 3.91. The minimum atomic E-state index is -0.475. The van der Waals surface area contributed by atoms with E-state index in [1.165, 1.54) is 0 Å². The van der Waals surface area contributed by atoms with Gasteiger partial charge in [0.2, 0.25) is 6.23 Å². The molecule has 2 aliphatic heterocycles. The summed E-state index contributed by atoms with van der Waals surface area (Å²) < 4.78 is 12.8. The van der Waals surface area contributed by atoms with E-state index < -0.39 is 6.23 Å². The predicted octanol–water partition coefficient (Wildman–Crippen LogP) is 5.64. The molecule has 2 atom stereocenters. The molecule has 136 valence electrons. The van der Waals surface area contributed by atoms with Crippen LogP contribution in [0.4, 0.5) is 0 Å². The molecule has 0 amide bonds. The highest BCUT2D eigenvalue weighted by molar-refractivity contribution is 9.10. The van der Waals surface area contributed by atoms with Crippen molar-refractivity contribution in [2.45, 2.75) is 18.7 Å². The van der Waals surface area contributed by atoms with Crippen LogP contribution >= 0.6 is 27.5 Å². The van der Waals surface area contributed by atoms with Gasteiger partial charge in [0.15, 0.2) is 5.76 Å². The second-order valence-corrected chi connectivity index (χ2v) is 7.83. The molecule has 1 aromatic heterocycles. The van der Waals surface area contributed by atoms with Crippen molar-refractivity contribution in [3.8, 4) is 11.5 Å². The molecule has 7 heteroatoms. The minimum Gasteiger partial charge on any atom is -0.507 e. The van der Waals surface area contributed by atoms with Crippen LogP contribution in [0.2, 0.25) is 5.02 Å². The first-order valence-electron chi connectivity index (χ1n) is 8.44. The summed E-state index contributed by atoms with van der Waals surface area (Å²) in [6.45, 7) is 0. The van der Waals surface area contributed by atoms with E-state index in [9.17, 15) is 5.11 Å². The molecule has 27 heavy (non-hydrogen) atoms. The van der Waals surface area contributed by atoms with Gasteiger partial charge in [-0.2, -0.15) is 5.10 Å². The Morgan fingerprint density at radius 3 is 2.89 bits per heavy atom. The smallest absolute Gasteiger partial charge is 0.246 e. The highest BCUT2D eigenvalue weighted by Crippen LogP contribution is 2.48. The average molecular weight is 446 g/mol. The van der Waals surface area contributed by atoms with Crippen molar-refractivity contribution >= 4 is 33.2 Å². The Hall–Kier alpha value is -2.44. The van der Waals surface area contributed by atoms with Crippen molar-refractivity contribution in [1.82, 2.24) is 5.01 Å². The number of rotatable bonds is 2. The van der Waals surface area contributed by atoms with Crippen LogP contribution in [-0.2, 0) is 0 Å². The molecule has 0 unspecified atom stereocenters. The monoisotopic (exact) mass is 444 g/mol. The summed E-state index contributed by atoms with van der Waals surface area (Å²) in [5.74, 6) is 1.63. The highest BCUT2D eigenvalue weighted by Gasteiger charge is 2.42. The van der Waals surface area contributed by atoms with Gasteiger partial charge in [0.1, 0.15) is 11.5 Å². The van der Waals surface area contributed by atoms with Crippen LogP contribution in [0.5, 0.6) is 11.5 Å². The molecule has 2 aliphatic rings. The lowest BCUT2D eigenvalue weighted by Crippen LogP contribution is -2.33. The number of nitrogens with zero attached hydrogens (tertiary/aromatic N) is 2. The largest absolute Gasteiger partial charge is 0.507 e. The van der Waals surface area contributed by atoms with Gasteiger partial charge in [0.25, 0.3) is 0 Å². The molecular weight excluding hydrogens is 432 g/mol. The van der Waals surface area contributed by atoms with Crippen molar-refractivity contribution in [3.05, 3.63) is 81.2 Å². The van der Waals surface area contributed by atoms with Crippen LogP contribution in [0.3, 0.4) is 0 Å². The quantitative estimate of drug-likeness (QED) is 0.554. The Bertz CT molecular complexity index is 1050. The molecule has 0 spiro atoms. The molecule has 3 heterocycles. The Morgan fingerprint density at radius 1 is 1.19 bits per heavy atom. The van der Waals surface area contributed by atoms with Crippen LogP contribution in [0.1, 0.15) is 35.6 Å². The van der Waals surface area contributed by atoms with Gasteiger partial charge >= 0.3 is 0 Å².